The molecule has 0 spiro atoms. The van der Waals surface area contributed by atoms with Crippen LogP contribution in [0.5, 0.6) is 0 Å². The molecule has 0 aliphatic carbocycles. The smallest absolute Gasteiger partial charge is 0.191 e. The summed E-state index contributed by atoms with van der Waals surface area (Å²) < 4.78 is 0. The maximum atomic E-state index is 4.39. The fraction of sp³-hybridized carbons (Fsp3) is 0.947. The minimum Gasteiger partial charge on any atom is -0.355 e. The second kappa shape index (κ2) is 13.1. The van der Waals surface area contributed by atoms with Crippen molar-refractivity contribution in [2.24, 2.45) is 4.99 Å². The lowest BCUT2D eigenvalue weighted by Crippen LogP contribution is -2.52. The van der Waals surface area contributed by atoms with E-state index in [-0.39, 0.29) is 24.0 Å². The number of guanidine groups is 1. The largest absolute Gasteiger partial charge is 0.355 e. The number of aliphatic imine (C=N–C) groups is 1. The van der Waals surface area contributed by atoms with Gasteiger partial charge < -0.3 is 15.5 Å². The fourth-order valence-electron chi connectivity index (χ4n) is 3.99. The average Bonchev–Trinajstić information content (AvgIpc) is 2.65. The van der Waals surface area contributed by atoms with Gasteiger partial charge in [0.2, 0.25) is 0 Å². The zero-order chi connectivity index (χ0) is 18.1. The van der Waals surface area contributed by atoms with Crippen LogP contribution >= 0.6 is 24.0 Å². The third-order valence-corrected chi connectivity index (χ3v) is 5.86. The van der Waals surface area contributed by atoms with E-state index in [9.17, 15) is 0 Å². The number of piperidine rings is 1. The topological polar surface area (TPSA) is 46.1 Å². The number of hydrogen-bond donors (Lipinski definition) is 2. The normalized spacial score (nSPS) is 24.8. The second-order valence-corrected chi connectivity index (χ2v) is 7.66. The second-order valence-electron chi connectivity index (χ2n) is 7.66. The Morgan fingerprint density at radius 3 is 2.50 bits per heavy atom. The summed E-state index contributed by atoms with van der Waals surface area (Å²) in [6.45, 7) is 13.6. The molecule has 7 heteroatoms. The molecule has 2 saturated heterocycles. The van der Waals surface area contributed by atoms with E-state index < -0.39 is 0 Å². The molecule has 0 aromatic rings. The highest BCUT2D eigenvalue weighted by Gasteiger charge is 2.21. The van der Waals surface area contributed by atoms with Crippen LogP contribution in [0.2, 0.25) is 0 Å². The minimum atomic E-state index is 0. The van der Waals surface area contributed by atoms with Crippen molar-refractivity contribution in [1.82, 2.24) is 25.3 Å². The van der Waals surface area contributed by atoms with Crippen LogP contribution in [0, 0.1) is 0 Å². The fourth-order valence-corrected chi connectivity index (χ4v) is 3.99. The van der Waals surface area contributed by atoms with Crippen molar-refractivity contribution in [3.63, 3.8) is 0 Å². The predicted molar refractivity (Wildman–Crippen MR) is 123 cm³/mol. The van der Waals surface area contributed by atoms with Gasteiger partial charge in [0, 0.05) is 64.9 Å². The van der Waals surface area contributed by atoms with Gasteiger partial charge in [-0.05, 0) is 39.8 Å². The standard InChI is InChI=1S/C19H40N6.HI/c1-5-18-8-6-7-10-25(18)11-9-21-19(20-3)22-16-17(2)24-14-12-23(4)13-15-24;/h17-18H,5-16H2,1-4H3,(H2,20,21,22);1H. The Morgan fingerprint density at radius 2 is 1.85 bits per heavy atom. The number of nitrogens with one attached hydrogen (secondary N) is 2. The Morgan fingerprint density at radius 1 is 1.12 bits per heavy atom. The van der Waals surface area contributed by atoms with Gasteiger partial charge in [0.1, 0.15) is 0 Å². The van der Waals surface area contributed by atoms with E-state index in [1.807, 2.05) is 7.05 Å². The van der Waals surface area contributed by atoms with E-state index in [1.54, 1.807) is 0 Å². The van der Waals surface area contributed by atoms with Crippen molar-refractivity contribution in [3.8, 4) is 0 Å². The molecule has 2 fully saturated rings. The Bertz CT molecular complexity index is 397. The molecule has 154 valence electrons. The molecule has 2 atom stereocenters. The SMILES string of the molecule is CCC1CCCCN1CCNC(=NC)NCC(C)N1CCN(C)CC1.I. The molecule has 0 amide bonds. The van der Waals surface area contributed by atoms with Gasteiger partial charge in [0.15, 0.2) is 5.96 Å². The van der Waals surface area contributed by atoms with E-state index in [0.717, 1.165) is 31.6 Å². The van der Waals surface area contributed by atoms with Crippen molar-refractivity contribution in [1.29, 1.82) is 0 Å². The van der Waals surface area contributed by atoms with Crippen LogP contribution in [-0.2, 0) is 0 Å². The highest BCUT2D eigenvalue weighted by molar-refractivity contribution is 14.0. The van der Waals surface area contributed by atoms with Gasteiger partial charge in [0.25, 0.3) is 0 Å². The first kappa shape index (κ1) is 23.9. The third-order valence-electron chi connectivity index (χ3n) is 5.86. The van der Waals surface area contributed by atoms with E-state index in [4.69, 9.17) is 0 Å². The summed E-state index contributed by atoms with van der Waals surface area (Å²) in [4.78, 5) is 12.0. The summed E-state index contributed by atoms with van der Waals surface area (Å²) in [5.74, 6) is 0.936. The van der Waals surface area contributed by atoms with Crippen molar-refractivity contribution in [3.05, 3.63) is 0 Å². The van der Waals surface area contributed by atoms with Crippen molar-refractivity contribution >= 4 is 29.9 Å². The van der Waals surface area contributed by atoms with Crippen LogP contribution in [0.1, 0.15) is 39.5 Å². The van der Waals surface area contributed by atoms with Gasteiger partial charge in [-0.3, -0.25) is 14.8 Å². The number of piperazine rings is 1. The summed E-state index contributed by atoms with van der Waals surface area (Å²) in [5, 5.41) is 7.00. The minimum absolute atomic E-state index is 0. The van der Waals surface area contributed by atoms with Crippen molar-refractivity contribution < 1.29 is 0 Å². The number of likely N-dealkylation sites (N-methyl/N-ethyl adjacent to an activating group) is 1. The molecule has 0 aromatic heterocycles. The van der Waals surface area contributed by atoms with Gasteiger partial charge in [0.05, 0.1) is 0 Å². The first-order valence-corrected chi connectivity index (χ1v) is 10.2. The molecular weight excluding hydrogens is 439 g/mol. The summed E-state index contributed by atoms with van der Waals surface area (Å²) in [6, 6.07) is 1.32. The molecule has 2 aliphatic heterocycles. The van der Waals surface area contributed by atoms with Crippen LogP contribution in [0.15, 0.2) is 4.99 Å². The molecule has 2 aliphatic rings. The van der Waals surface area contributed by atoms with Gasteiger partial charge in [-0.15, -0.1) is 24.0 Å². The summed E-state index contributed by atoms with van der Waals surface area (Å²) in [7, 11) is 4.07. The monoisotopic (exact) mass is 480 g/mol. The Kier molecular flexibility index (Phi) is 12.1. The van der Waals surface area contributed by atoms with Crippen molar-refractivity contribution in [2.45, 2.75) is 51.6 Å². The zero-order valence-electron chi connectivity index (χ0n) is 17.3. The van der Waals surface area contributed by atoms with Crippen LogP contribution < -0.4 is 10.6 Å². The van der Waals surface area contributed by atoms with Gasteiger partial charge in [-0.25, -0.2) is 0 Å². The quantitative estimate of drug-likeness (QED) is 0.330. The molecule has 0 saturated carbocycles. The first-order chi connectivity index (χ1) is 12.1. The first-order valence-electron chi connectivity index (χ1n) is 10.2. The van der Waals surface area contributed by atoms with Crippen LogP contribution in [0.25, 0.3) is 0 Å². The van der Waals surface area contributed by atoms with Crippen LogP contribution in [-0.4, -0.2) is 99.2 Å². The third kappa shape index (κ3) is 7.86. The molecule has 2 heterocycles. The molecular formula is C19H41IN6. The summed E-state index contributed by atoms with van der Waals surface area (Å²) in [5.41, 5.74) is 0. The maximum absolute atomic E-state index is 4.39. The Balaban J connectivity index is 0.00000338. The van der Waals surface area contributed by atoms with Gasteiger partial charge >= 0.3 is 0 Å². The summed E-state index contributed by atoms with van der Waals surface area (Å²) >= 11 is 0. The molecule has 2 N–H and O–H groups in total. The lowest BCUT2D eigenvalue weighted by molar-refractivity contribution is 0.120. The number of nitrogens with zero attached hydrogens (tertiary/aromatic N) is 4. The molecule has 0 radical (unpaired) electrons. The molecule has 2 unspecified atom stereocenters. The lowest BCUT2D eigenvalue weighted by Gasteiger charge is -2.36. The Labute approximate surface area is 178 Å². The molecule has 0 bridgehead atoms. The summed E-state index contributed by atoms with van der Waals surface area (Å²) in [6.07, 6.45) is 5.39. The average molecular weight is 480 g/mol. The van der Waals surface area contributed by atoms with E-state index in [1.165, 1.54) is 58.4 Å². The zero-order valence-corrected chi connectivity index (χ0v) is 19.7. The Hall–Kier alpha value is -0.120. The van der Waals surface area contributed by atoms with E-state index >= 15 is 0 Å². The molecule has 2 rings (SSSR count). The molecule has 0 aromatic carbocycles. The number of likely N-dealkylation sites (tertiary alicyclic amines) is 1. The maximum Gasteiger partial charge on any atom is 0.191 e. The number of hydrogen-bond acceptors (Lipinski definition) is 4. The van der Waals surface area contributed by atoms with E-state index in [0.29, 0.717) is 6.04 Å². The van der Waals surface area contributed by atoms with Crippen molar-refractivity contribution in [2.75, 3.05) is 66.5 Å². The molecule has 6 nitrogen and oxygen atoms in total. The van der Waals surface area contributed by atoms with Gasteiger partial charge in [-0.2, -0.15) is 0 Å². The van der Waals surface area contributed by atoms with Gasteiger partial charge in [-0.1, -0.05) is 13.3 Å². The highest BCUT2D eigenvalue weighted by atomic mass is 127. The predicted octanol–water partition coefficient (Wildman–Crippen LogP) is 1.67. The number of rotatable bonds is 7. The molecule has 26 heavy (non-hydrogen) atoms. The number of halogens is 1. The van der Waals surface area contributed by atoms with E-state index in [2.05, 4.69) is 51.2 Å². The lowest BCUT2D eigenvalue weighted by atomic mass is 10.0. The van der Waals surface area contributed by atoms with Crippen LogP contribution in [0.4, 0.5) is 0 Å². The van der Waals surface area contributed by atoms with Crippen LogP contribution in [0.3, 0.4) is 0 Å². The highest BCUT2D eigenvalue weighted by Crippen LogP contribution is 2.18.